The highest BCUT2D eigenvalue weighted by molar-refractivity contribution is 5.63. The molecule has 2 nitrogen and oxygen atoms in total. The smallest absolute Gasteiger partial charge is 0.130 e. The molecule has 1 N–H and O–H groups in total. The lowest BCUT2D eigenvalue weighted by Gasteiger charge is -2.23. The summed E-state index contributed by atoms with van der Waals surface area (Å²) >= 11 is 0. The molecule has 2 heteroatoms. The normalized spacial score (nSPS) is 18.3. The Morgan fingerprint density at radius 2 is 1.94 bits per heavy atom. The van der Waals surface area contributed by atoms with Gasteiger partial charge in [0.2, 0.25) is 0 Å². The van der Waals surface area contributed by atoms with Gasteiger partial charge in [-0.25, -0.2) is 4.98 Å². The van der Waals surface area contributed by atoms with E-state index in [1.165, 1.54) is 17.5 Å². The van der Waals surface area contributed by atoms with Gasteiger partial charge in [-0.3, -0.25) is 0 Å². The summed E-state index contributed by atoms with van der Waals surface area (Å²) in [4.78, 5) is 4.72. The molecule has 86 valence electrons. The molecule has 2 aromatic rings. The molecule has 1 aromatic heterocycles. The molecule has 0 saturated heterocycles. The number of anilines is 1. The minimum atomic E-state index is 0.529. The molecule has 0 unspecified atom stereocenters. The Kier molecular flexibility index (Phi) is 2.56. The van der Waals surface area contributed by atoms with E-state index in [9.17, 15) is 0 Å². The number of fused-ring (bicyclic) bond motifs is 1. The number of benzene rings is 1. The van der Waals surface area contributed by atoms with Gasteiger partial charge < -0.3 is 5.32 Å². The molecule has 1 aliphatic heterocycles. The number of aryl methyl sites for hydroxylation is 1. The van der Waals surface area contributed by atoms with Crippen LogP contribution in [0.5, 0.6) is 0 Å². The number of pyridine rings is 1. The van der Waals surface area contributed by atoms with Crippen molar-refractivity contribution in [2.24, 2.45) is 0 Å². The first kappa shape index (κ1) is 10.3. The third-order valence-corrected chi connectivity index (χ3v) is 3.28. The highest BCUT2D eigenvalue weighted by Gasteiger charge is 2.15. The molecular weight excluding hydrogens is 208 g/mol. The number of rotatable bonds is 1. The molecule has 0 spiro atoms. The Morgan fingerprint density at radius 1 is 1.12 bits per heavy atom. The number of nitrogens with one attached hydrogen (secondary N) is 1. The van der Waals surface area contributed by atoms with Crippen LogP contribution in [0.15, 0.2) is 42.5 Å². The van der Waals surface area contributed by atoms with Crippen molar-refractivity contribution < 1.29 is 0 Å². The van der Waals surface area contributed by atoms with Gasteiger partial charge in [0.05, 0.1) is 5.69 Å². The maximum Gasteiger partial charge on any atom is 0.130 e. The van der Waals surface area contributed by atoms with Crippen LogP contribution >= 0.6 is 0 Å². The monoisotopic (exact) mass is 224 g/mol. The predicted octanol–water partition coefficient (Wildman–Crippen LogP) is 3.50. The number of hydrogen-bond donors (Lipinski definition) is 1. The van der Waals surface area contributed by atoms with Gasteiger partial charge in [-0.15, -0.1) is 0 Å². The first-order valence-corrected chi connectivity index (χ1v) is 6.15. The van der Waals surface area contributed by atoms with Crippen LogP contribution in [0.25, 0.3) is 11.3 Å². The quantitative estimate of drug-likeness (QED) is 0.802. The minimum absolute atomic E-state index is 0.529. The van der Waals surface area contributed by atoms with E-state index in [1.54, 1.807) is 0 Å². The fourth-order valence-corrected chi connectivity index (χ4v) is 2.26. The second-order valence-electron chi connectivity index (χ2n) is 4.65. The predicted molar refractivity (Wildman–Crippen MR) is 71.1 cm³/mol. The van der Waals surface area contributed by atoms with Crippen molar-refractivity contribution >= 4 is 5.82 Å². The van der Waals surface area contributed by atoms with Crippen molar-refractivity contribution in [3.63, 3.8) is 0 Å². The van der Waals surface area contributed by atoms with E-state index < -0.39 is 0 Å². The van der Waals surface area contributed by atoms with Crippen molar-refractivity contribution in [2.75, 3.05) is 5.32 Å². The van der Waals surface area contributed by atoms with E-state index in [2.05, 4.69) is 36.5 Å². The Balaban J connectivity index is 2.01. The number of nitrogens with zero attached hydrogens (tertiary/aromatic N) is 1. The SMILES string of the molecule is C[C@@H]1CCc2ccc(-c3ccccc3)nc2N1. The van der Waals surface area contributed by atoms with Crippen LogP contribution in [0.2, 0.25) is 0 Å². The Hall–Kier alpha value is -1.83. The van der Waals surface area contributed by atoms with Crippen LogP contribution in [0.1, 0.15) is 18.9 Å². The Labute approximate surface area is 102 Å². The zero-order chi connectivity index (χ0) is 11.7. The molecule has 2 heterocycles. The first-order chi connectivity index (χ1) is 8.33. The van der Waals surface area contributed by atoms with Crippen molar-refractivity contribution in [1.29, 1.82) is 0 Å². The van der Waals surface area contributed by atoms with Gasteiger partial charge in [0.15, 0.2) is 0 Å². The molecule has 0 saturated carbocycles. The summed E-state index contributed by atoms with van der Waals surface area (Å²) in [6.45, 7) is 2.21. The fourth-order valence-electron chi connectivity index (χ4n) is 2.26. The Bertz CT molecular complexity index is 520. The van der Waals surface area contributed by atoms with Gasteiger partial charge in [0, 0.05) is 11.6 Å². The molecule has 1 atom stereocenters. The summed E-state index contributed by atoms with van der Waals surface area (Å²) < 4.78 is 0. The van der Waals surface area contributed by atoms with Crippen LogP contribution in [-0.4, -0.2) is 11.0 Å². The summed E-state index contributed by atoms with van der Waals surface area (Å²) in [6, 6.07) is 15.2. The average Bonchev–Trinajstić information content (AvgIpc) is 2.39. The van der Waals surface area contributed by atoms with Crippen LogP contribution in [-0.2, 0) is 6.42 Å². The van der Waals surface area contributed by atoms with Crippen molar-refractivity contribution in [3.05, 3.63) is 48.0 Å². The van der Waals surface area contributed by atoms with Crippen LogP contribution < -0.4 is 5.32 Å². The largest absolute Gasteiger partial charge is 0.367 e. The number of aromatic nitrogens is 1. The highest BCUT2D eigenvalue weighted by atomic mass is 15.0. The van der Waals surface area contributed by atoms with E-state index in [1.807, 2.05) is 18.2 Å². The van der Waals surface area contributed by atoms with E-state index in [0.717, 1.165) is 17.9 Å². The summed E-state index contributed by atoms with van der Waals surface area (Å²) in [5.41, 5.74) is 3.56. The van der Waals surface area contributed by atoms with Gasteiger partial charge >= 0.3 is 0 Å². The lowest BCUT2D eigenvalue weighted by molar-refractivity contribution is 0.674. The molecule has 0 fully saturated rings. The molecule has 1 aromatic carbocycles. The van der Waals surface area contributed by atoms with E-state index >= 15 is 0 Å². The van der Waals surface area contributed by atoms with Crippen molar-refractivity contribution in [2.45, 2.75) is 25.8 Å². The third kappa shape index (κ3) is 2.03. The lowest BCUT2D eigenvalue weighted by Crippen LogP contribution is -2.22. The molecule has 3 rings (SSSR count). The molecule has 0 amide bonds. The van der Waals surface area contributed by atoms with Gasteiger partial charge in [-0.1, -0.05) is 36.4 Å². The van der Waals surface area contributed by atoms with Crippen LogP contribution in [0, 0.1) is 0 Å². The number of hydrogen-bond acceptors (Lipinski definition) is 2. The standard InChI is InChI=1S/C15H16N2/c1-11-7-8-13-9-10-14(17-15(13)16-11)12-5-3-2-4-6-12/h2-6,9-11H,7-8H2,1H3,(H,16,17)/t11-/m1/s1. The van der Waals surface area contributed by atoms with Crippen molar-refractivity contribution in [1.82, 2.24) is 4.98 Å². The zero-order valence-corrected chi connectivity index (χ0v) is 9.98. The van der Waals surface area contributed by atoms with Gasteiger partial charge in [0.25, 0.3) is 0 Å². The summed E-state index contributed by atoms with van der Waals surface area (Å²) in [5.74, 6) is 1.06. The van der Waals surface area contributed by atoms with Gasteiger partial charge in [0.1, 0.15) is 5.82 Å². The molecule has 0 radical (unpaired) electrons. The molecule has 1 aliphatic rings. The fraction of sp³-hybridized carbons (Fsp3) is 0.267. The van der Waals surface area contributed by atoms with Crippen LogP contribution in [0.4, 0.5) is 5.82 Å². The van der Waals surface area contributed by atoms with Gasteiger partial charge in [-0.2, -0.15) is 0 Å². The first-order valence-electron chi connectivity index (χ1n) is 6.15. The third-order valence-electron chi connectivity index (χ3n) is 3.28. The zero-order valence-electron chi connectivity index (χ0n) is 9.98. The van der Waals surface area contributed by atoms with Crippen molar-refractivity contribution in [3.8, 4) is 11.3 Å². The Morgan fingerprint density at radius 3 is 2.76 bits per heavy atom. The average molecular weight is 224 g/mol. The van der Waals surface area contributed by atoms with E-state index in [4.69, 9.17) is 4.98 Å². The molecule has 0 aliphatic carbocycles. The molecular formula is C15H16N2. The summed E-state index contributed by atoms with van der Waals surface area (Å²) in [6.07, 6.45) is 2.32. The second kappa shape index (κ2) is 4.21. The maximum absolute atomic E-state index is 4.72. The maximum atomic E-state index is 4.72. The molecule has 0 bridgehead atoms. The summed E-state index contributed by atoms with van der Waals surface area (Å²) in [5, 5.41) is 3.46. The minimum Gasteiger partial charge on any atom is -0.367 e. The van der Waals surface area contributed by atoms with E-state index in [0.29, 0.717) is 6.04 Å². The van der Waals surface area contributed by atoms with Gasteiger partial charge in [-0.05, 0) is 31.4 Å². The molecule has 17 heavy (non-hydrogen) atoms. The topological polar surface area (TPSA) is 24.9 Å². The lowest BCUT2D eigenvalue weighted by atomic mass is 10.0. The van der Waals surface area contributed by atoms with E-state index in [-0.39, 0.29) is 0 Å². The highest BCUT2D eigenvalue weighted by Crippen LogP contribution is 2.26. The summed E-state index contributed by atoms with van der Waals surface area (Å²) in [7, 11) is 0. The van der Waals surface area contributed by atoms with Crippen LogP contribution in [0.3, 0.4) is 0 Å². The second-order valence-corrected chi connectivity index (χ2v) is 4.65.